The third kappa shape index (κ3) is 9.98. The molecule has 48 heavy (non-hydrogen) atoms. The zero-order valence-electron chi connectivity index (χ0n) is 25.4. The molecule has 2 aromatic heterocycles. The second-order valence-corrected chi connectivity index (χ2v) is 10.5. The Morgan fingerprint density at radius 3 is 1.71 bits per heavy atom. The molecular formula is C34H27BCl3F2N3O5. The van der Waals surface area contributed by atoms with Gasteiger partial charge in [0, 0.05) is 21.8 Å². The van der Waals surface area contributed by atoms with Gasteiger partial charge in [-0.3, -0.25) is 0 Å². The van der Waals surface area contributed by atoms with Crippen LogP contribution in [-0.4, -0.2) is 53.1 Å². The average molecular weight is 713 g/mol. The largest absolute Gasteiger partial charge is 0.494 e. The van der Waals surface area contributed by atoms with Gasteiger partial charge in [-0.25, -0.2) is 18.7 Å². The molecule has 4 aromatic carbocycles. The van der Waals surface area contributed by atoms with Crippen molar-refractivity contribution < 1.29 is 33.4 Å². The fourth-order valence-electron chi connectivity index (χ4n) is 4.09. The second-order valence-electron chi connectivity index (χ2n) is 9.34. The fraction of sp³-hybridized carbons (Fsp3) is 0.0882. The summed E-state index contributed by atoms with van der Waals surface area (Å²) in [6.07, 6.45) is 0. The maximum absolute atomic E-state index is 14.0. The zero-order valence-corrected chi connectivity index (χ0v) is 27.7. The minimum atomic E-state index is -1.72. The van der Waals surface area contributed by atoms with Gasteiger partial charge in [-0.05, 0) is 42.5 Å². The molecule has 0 spiro atoms. The van der Waals surface area contributed by atoms with Crippen LogP contribution in [0.4, 0.5) is 8.78 Å². The van der Waals surface area contributed by atoms with Crippen molar-refractivity contribution in [2.75, 3.05) is 20.8 Å². The summed E-state index contributed by atoms with van der Waals surface area (Å²) >= 11 is 18.0. The van der Waals surface area contributed by atoms with Crippen LogP contribution in [0.25, 0.3) is 33.1 Å². The number of methoxy groups -OCH3 is 2. The van der Waals surface area contributed by atoms with E-state index >= 15 is 0 Å². The third-order valence-corrected chi connectivity index (χ3v) is 7.18. The summed E-state index contributed by atoms with van der Waals surface area (Å²) in [6, 6.07) is 28.1. The summed E-state index contributed by atoms with van der Waals surface area (Å²) in [6.45, 7) is -0.375. The minimum absolute atomic E-state index is 0.0949. The van der Waals surface area contributed by atoms with Crippen molar-refractivity contribution in [3.8, 4) is 28.8 Å². The number of nitrogens with zero attached hydrogens (tertiary/aromatic N) is 3. The van der Waals surface area contributed by atoms with Gasteiger partial charge in [0.1, 0.15) is 29.7 Å². The number of aliphatic hydroxyl groups is 1. The molecule has 0 aliphatic heterocycles. The van der Waals surface area contributed by atoms with Crippen LogP contribution in [0.5, 0.6) is 11.5 Å². The Hall–Kier alpha value is -4.54. The summed E-state index contributed by atoms with van der Waals surface area (Å²) in [5.41, 5.74) is 2.08. The van der Waals surface area contributed by atoms with Gasteiger partial charge in [0.05, 0.1) is 41.4 Å². The molecule has 14 heteroatoms. The van der Waals surface area contributed by atoms with Crippen LogP contribution >= 0.6 is 34.8 Å². The van der Waals surface area contributed by atoms with Crippen molar-refractivity contribution in [3.05, 3.63) is 124 Å². The number of ether oxygens (including phenoxy) is 2. The van der Waals surface area contributed by atoms with E-state index in [0.717, 1.165) is 10.8 Å². The maximum Gasteiger partial charge on any atom is 0.491 e. The number of hydrogen-bond donors (Lipinski definition) is 3. The number of pyridine rings is 2. The number of rotatable bonds is 4. The molecule has 0 radical (unpaired) electrons. The summed E-state index contributed by atoms with van der Waals surface area (Å²) in [5.74, 6) is 0.133. The van der Waals surface area contributed by atoms with Crippen LogP contribution in [0.3, 0.4) is 0 Å². The van der Waals surface area contributed by atoms with Gasteiger partial charge in [0.25, 0.3) is 0 Å². The van der Waals surface area contributed by atoms with Crippen molar-refractivity contribution in [2.24, 2.45) is 0 Å². The molecule has 0 amide bonds. The highest BCUT2D eigenvalue weighted by Gasteiger charge is 2.15. The first kappa shape index (κ1) is 37.9. The standard InChI is InChI=1S/C16H11ClFNO.C10H7Cl2NO.C6H6BFO2.C2H3NO/c1-20-14-9-10-5-4-7-12(17)15(10)19-16(14)11-6-2-3-8-13(11)18;1-14-8-5-6-3-2-4-7(11)9(6)13-10(8)12;8-6-4-2-1-3-5(6)7(9)10;3-1-2-4/h2-9H,1H3;2-5H,1H3;1-4,9-10H;4H,2H2. The van der Waals surface area contributed by atoms with E-state index in [9.17, 15) is 8.78 Å². The molecular weight excluding hydrogens is 686 g/mol. The van der Waals surface area contributed by atoms with Crippen LogP contribution in [-0.2, 0) is 0 Å². The summed E-state index contributed by atoms with van der Waals surface area (Å²) in [5, 5.41) is 35.1. The Kier molecular flexibility index (Phi) is 14.8. The predicted molar refractivity (Wildman–Crippen MR) is 186 cm³/mol. The lowest BCUT2D eigenvalue weighted by molar-refractivity contribution is 0.348. The van der Waals surface area contributed by atoms with Gasteiger partial charge in [0.2, 0.25) is 0 Å². The maximum atomic E-state index is 14.0. The van der Waals surface area contributed by atoms with E-state index in [1.165, 1.54) is 43.5 Å². The summed E-state index contributed by atoms with van der Waals surface area (Å²) < 4.78 is 36.9. The van der Waals surface area contributed by atoms with Crippen molar-refractivity contribution >= 4 is 69.2 Å². The third-order valence-electron chi connectivity index (χ3n) is 6.30. The van der Waals surface area contributed by atoms with Crippen molar-refractivity contribution in [1.29, 1.82) is 5.26 Å². The van der Waals surface area contributed by atoms with Gasteiger partial charge >= 0.3 is 7.12 Å². The lowest BCUT2D eigenvalue weighted by Gasteiger charge is -2.11. The molecule has 0 saturated carbocycles. The van der Waals surface area contributed by atoms with Crippen molar-refractivity contribution in [2.45, 2.75) is 0 Å². The average Bonchev–Trinajstić information content (AvgIpc) is 3.09. The molecule has 0 fully saturated rings. The Morgan fingerprint density at radius 1 is 0.729 bits per heavy atom. The zero-order chi connectivity index (χ0) is 35.2. The molecule has 246 valence electrons. The Morgan fingerprint density at radius 2 is 1.23 bits per heavy atom. The number of hydrogen-bond acceptors (Lipinski definition) is 8. The number of fused-ring (bicyclic) bond motifs is 2. The Balaban J connectivity index is 0.000000195. The number of halogens is 5. The Labute approximate surface area is 290 Å². The van der Waals surface area contributed by atoms with E-state index in [1.807, 2.05) is 36.4 Å². The lowest BCUT2D eigenvalue weighted by atomic mass is 9.80. The van der Waals surface area contributed by atoms with Gasteiger partial charge in [-0.2, -0.15) is 5.26 Å². The van der Waals surface area contributed by atoms with E-state index in [-0.39, 0.29) is 17.9 Å². The molecule has 2 heterocycles. The van der Waals surface area contributed by atoms with Gasteiger partial charge in [-0.1, -0.05) is 89.4 Å². The molecule has 0 aliphatic carbocycles. The van der Waals surface area contributed by atoms with Gasteiger partial charge in [0.15, 0.2) is 10.9 Å². The fourth-order valence-corrected chi connectivity index (χ4v) is 4.76. The van der Waals surface area contributed by atoms with Crippen LogP contribution in [0.2, 0.25) is 15.2 Å². The van der Waals surface area contributed by atoms with Gasteiger partial charge in [-0.15, -0.1) is 0 Å². The summed E-state index contributed by atoms with van der Waals surface area (Å²) in [4.78, 5) is 8.63. The molecule has 6 aromatic rings. The van der Waals surface area contributed by atoms with E-state index < -0.39 is 12.9 Å². The first-order valence-corrected chi connectivity index (χ1v) is 14.9. The number of nitriles is 1. The normalized spacial score (nSPS) is 9.94. The van der Waals surface area contributed by atoms with E-state index in [0.29, 0.717) is 49.0 Å². The second kappa shape index (κ2) is 18.7. The van der Waals surface area contributed by atoms with Crippen LogP contribution < -0.4 is 14.9 Å². The van der Waals surface area contributed by atoms with Crippen molar-refractivity contribution in [1.82, 2.24) is 9.97 Å². The highest BCUT2D eigenvalue weighted by Crippen LogP contribution is 2.35. The highest BCUT2D eigenvalue weighted by molar-refractivity contribution is 6.58. The number of benzene rings is 4. The monoisotopic (exact) mass is 711 g/mol. The molecule has 0 atom stereocenters. The topological polar surface area (TPSA) is 129 Å². The first-order chi connectivity index (χ1) is 23.1. The lowest BCUT2D eigenvalue weighted by Crippen LogP contribution is -2.32. The van der Waals surface area contributed by atoms with Crippen molar-refractivity contribution in [3.63, 3.8) is 0 Å². The number of para-hydroxylation sites is 2. The molecule has 0 saturated heterocycles. The number of aliphatic hydroxyl groups excluding tert-OH is 1. The Bertz CT molecular complexity index is 2030. The highest BCUT2D eigenvalue weighted by atomic mass is 35.5. The van der Waals surface area contributed by atoms with Crippen LogP contribution in [0.15, 0.2) is 97.1 Å². The first-order valence-electron chi connectivity index (χ1n) is 13.8. The van der Waals surface area contributed by atoms with E-state index in [1.54, 1.807) is 37.4 Å². The van der Waals surface area contributed by atoms with Crippen LogP contribution in [0.1, 0.15) is 0 Å². The molecule has 0 bridgehead atoms. The van der Waals surface area contributed by atoms with Gasteiger partial charge < -0.3 is 24.6 Å². The molecule has 0 aliphatic rings. The molecule has 6 rings (SSSR count). The van der Waals surface area contributed by atoms with E-state index in [2.05, 4.69) is 9.97 Å². The molecule has 3 N–H and O–H groups in total. The SMILES string of the molecule is COc1cc2cccc(Cl)c2nc1-c1ccccc1F.COc1cc2cccc(Cl)c2nc1Cl.N#CCO.OB(O)c1ccccc1F. The molecule has 0 unspecified atom stereocenters. The smallest absolute Gasteiger partial charge is 0.491 e. The minimum Gasteiger partial charge on any atom is -0.494 e. The van der Waals surface area contributed by atoms with Crippen LogP contribution in [0, 0.1) is 23.0 Å². The summed E-state index contributed by atoms with van der Waals surface area (Å²) in [7, 11) is 1.37. The predicted octanol–water partition coefficient (Wildman–Crippen LogP) is 7.26. The quantitative estimate of drug-likeness (QED) is 0.0990. The molecule has 8 nitrogen and oxygen atoms in total. The number of aromatic nitrogens is 2. The van der Waals surface area contributed by atoms with E-state index in [4.69, 9.17) is 64.7 Å².